The van der Waals surface area contributed by atoms with Gasteiger partial charge in [0.05, 0.1) is 22.7 Å². The molecule has 4 aromatic rings. The van der Waals surface area contributed by atoms with Crippen LogP contribution in [0.4, 0.5) is 5.69 Å². The fourth-order valence-corrected chi connectivity index (χ4v) is 5.00. The summed E-state index contributed by atoms with van der Waals surface area (Å²) in [5.74, 6) is 1.11. The highest BCUT2D eigenvalue weighted by Crippen LogP contribution is 2.39. The van der Waals surface area contributed by atoms with Gasteiger partial charge in [-0.15, -0.1) is 11.3 Å². The number of rotatable bonds is 4. The second-order valence-electron chi connectivity index (χ2n) is 6.96. The number of amidine groups is 1. The first-order chi connectivity index (χ1) is 15.2. The second kappa shape index (κ2) is 8.02. The molecule has 0 saturated heterocycles. The fourth-order valence-electron chi connectivity index (χ4n) is 3.50. The predicted molar refractivity (Wildman–Crippen MR) is 128 cm³/mol. The number of hydrogen-bond donors (Lipinski definition) is 0. The smallest absolute Gasteiger partial charge is 0.282 e. The zero-order valence-electron chi connectivity index (χ0n) is 16.6. The molecule has 0 radical (unpaired) electrons. The van der Waals surface area contributed by atoms with Crippen molar-refractivity contribution in [3.63, 3.8) is 0 Å². The molecule has 2 heterocycles. The van der Waals surface area contributed by atoms with Crippen LogP contribution >= 0.6 is 22.9 Å². The summed E-state index contributed by atoms with van der Waals surface area (Å²) in [6.07, 6.45) is 1.78. The van der Waals surface area contributed by atoms with Crippen LogP contribution in [0.3, 0.4) is 0 Å². The number of fused-ring (bicyclic) bond motifs is 1. The summed E-state index contributed by atoms with van der Waals surface area (Å²) in [4.78, 5) is 20.6. The summed E-state index contributed by atoms with van der Waals surface area (Å²) < 4.78 is 6.27. The summed E-state index contributed by atoms with van der Waals surface area (Å²) >= 11 is 8.27. The number of aliphatic imine (C=N–C) groups is 1. The highest BCUT2D eigenvalue weighted by atomic mass is 35.5. The Morgan fingerprint density at radius 2 is 1.68 bits per heavy atom. The van der Waals surface area contributed by atoms with Gasteiger partial charge in [0.1, 0.15) is 11.4 Å². The third-order valence-electron chi connectivity index (χ3n) is 5.03. The van der Waals surface area contributed by atoms with E-state index < -0.39 is 0 Å². The van der Waals surface area contributed by atoms with E-state index in [4.69, 9.17) is 21.3 Å². The van der Waals surface area contributed by atoms with Crippen molar-refractivity contribution in [3.8, 4) is 5.75 Å². The number of hydrogen-bond acceptors (Lipinski definition) is 4. The second-order valence-corrected chi connectivity index (χ2v) is 8.39. The van der Waals surface area contributed by atoms with Gasteiger partial charge < -0.3 is 4.74 Å². The minimum Gasteiger partial charge on any atom is -0.497 e. The lowest BCUT2D eigenvalue weighted by Gasteiger charge is -2.17. The molecule has 6 heteroatoms. The van der Waals surface area contributed by atoms with Gasteiger partial charge in [-0.25, -0.2) is 4.99 Å². The van der Waals surface area contributed by atoms with Crippen molar-refractivity contribution in [2.75, 3.05) is 12.0 Å². The van der Waals surface area contributed by atoms with Crippen LogP contribution in [-0.4, -0.2) is 18.9 Å². The lowest BCUT2D eigenvalue weighted by atomic mass is 10.2. The van der Waals surface area contributed by atoms with Gasteiger partial charge in [0, 0.05) is 10.1 Å². The Hall–Kier alpha value is -3.41. The minimum absolute atomic E-state index is 0.189. The molecule has 0 saturated carbocycles. The van der Waals surface area contributed by atoms with Crippen LogP contribution < -0.4 is 9.64 Å². The number of nitrogens with zero attached hydrogens (tertiary/aromatic N) is 2. The molecule has 1 aliphatic rings. The Morgan fingerprint density at radius 1 is 0.968 bits per heavy atom. The number of para-hydroxylation sites is 1. The van der Waals surface area contributed by atoms with E-state index >= 15 is 0 Å². The Balaban J connectivity index is 1.65. The molecule has 0 fully saturated rings. The fraction of sp³-hybridized carbons (Fsp3) is 0.0400. The van der Waals surface area contributed by atoms with Crippen molar-refractivity contribution in [2.24, 2.45) is 4.99 Å². The molecular weight excluding hydrogens is 428 g/mol. The van der Waals surface area contributed by atoms with Gasteiger partial charge in [-0.3, -0.25) is 9.69 Å². The van der Waals surface area contributed by atoms with Gasteiger partial charge in [-0.05, 0) is 42.0 Å². The average Bonchev–Trinajstić information content (AvgIpc) is 3.32. The van der Waals surface area contributed by atoms with E-state index in [0.29, 0.717) is 16.6 Å². The number of anilines is 1. The summed E-state index contributed by atoms with van der Waals surface area (Å²) in [7, 11) is 1.62. The van der Waals surface area contributed by atoms with E-state index in [9.17, 15) is 4.79 Å². The largest absolute Gasteiger partial charge is 0.497 e. The quantitative estimate of drug-likeness (QED) is 0.342. The first-order valence-corrected chi connectivity index (χ1v) is 10.9. The molecule has 3 aromatic carbocycles. The van der Waals surface area contributed by atoms with Crippen LogP contribution in [0.25, 0.3) is 16.2 Å². The van der Waals surface area contributed by atoms with Gasteiger partial charge in [0.2, 0.25) is 0 Å². The van der Waals surface area contributed by atoms with Gasteiger partial charge in [0.25, 0.3) is 5.91 Å². The summed E-state index contributed by atoms with van der Waals surface area (Å²) in [5.41, 5.74) is 1.97. The maximum atomic E-state index is 13.4. The van der Waals surface area contributed by atoms with Crippen molar-refractivity contribution in [2.45, 2.75) is 0 Å². The van der Waals surface area contributed by atoms with Crippen LogP contribution in [0.5, 0.6) is 5.75 Å². The number of halogens is 1. The van der Waals surface area contributed by atoms with Gasteiger partial charge in [-0.1, -0.05) is 60.1 Å². The Morgan fingerprint density at radius 3 is 2.39 bits per heavy atom. The normalized spacial score (nSPS) is 15.0. The molecule has 0 bridgehead atoms. The molecule has 5 rings (SSSR count). The Labute approximate surface area is 188 Å². The molecule has 0 atom stereocenters. The van der Waals surface area contributed by atoms with Crippen LogP contribution in [0.2, 0.25) is 5.02 Å². The third kappa shape index (κ3) is 3.52. The molecular formula is C25H17ClN2O2S. The number of thiophene rings is 1. The maximum Gasteiger partial charge on any atom is 0.282 e. The first-order valence-electron chi connectivity index (χ1n) is 9.67. The van der Waals surface area contributed by atoms with E-state index in [1.165, 1.54) is 11.3 Å². The van der Waals surface area contributed by atoms with Crippen molar-refractivity contribution < 1.29 is 9.53 Å². The maximum absolute atomic E-state index is 13.4. The van der Waals surface area contributed by atoms with Crippen LogP contribution in [0, 0.1) is 0 Å². The zero-order valence-corrected chi connectivity index (χ0v) is 18.2. The topological polar surface area (TPSA) is 41.9 Å². The SMILES string of the molecule is COc1ccc(/C=C2/N=C(c3sc4ccccc4c3Cl)N(c3ccccc3)C2=O)cc1. The number of carbonyl (C=O) groups is 1. The number of methoxy groups -OCH3 is 1. The highest BCUT2D eigenvalue weighted by molar-refractivity contribution is 7.21. The van der Waals surface area contributed by atoms with Crippen molar-refractivity contribution >= 4 is 56.5 Å². The van der Waals surface area contributed by atoms with E-state index in [1.807, 2.05) is 78.9 Å². The van der Waals surface area contributed by atoms with Gasteiger partial charge in [0.15, 0.2) is 5.84 Å². The number of ether oxygens (including phenoxy) is 1. The summed E-state index contributed by atoms with van der Waals surface area (Å²) in [6.45, 7) is 0. The molecule has 31 heavy (non-hydrogen) atoms. The number of benzene rings is 3. The molecule has 0 spiro atoms. The van der Waals surface area contributed by atoms with Crippen molar-refractivity contribution in [1.29, 1.82) is 0 Å². The Kier molecular flexibility index (Phi) is 5.06. The van der Waals surface area contributed by atoms with Crippen LogP contribution in [-0.2, 0) is 4.79 Å². The molecule has 152 valence electrons. The van der Waals surface area contributed by atoms with Crippen molar-refractivity contribution in [3.05, 3.63) is 100 Å². The first kappa shape index (κ1) is 19.5. The van der Waals surface area contributed by atoms with Crippen LogP contribution in [0.1, 0.15) is 10.4 Å². The van der Waals surface area contributed by atoms with Crippen molar-refractivity contribution in [1.82, 2.24) is 0 Å². The lowest BCUT2D eigenvalue weighted by molar-refractivity contribution is -0.113. The Bertz CT molecular complexity index is 1340. The van der Waals surface area contributed by atoms with E-state index in [2.05, 4.69) is 0 Å². The molecule has 0 aliphatic carbocycles. The molecule has 0 N–H and O–H groups in total. The van der Waals surface area contributed by atoms with E-state index in [0.717, 1.165) is 32.0 Å². The number of carbonyl (C=O) groups excluding carboxylic acids is 1. The molecule has 1 aliphatic heterocycles. The average molecular weight is 445 g/mol. The van der Waals surface area contributed by atoms with Gasteiger partial charge in [-0.2, -0.15) is 0 Å². The zero-order chi connectivity index (χ0) is 21.4. The highest BCUT2D eigenvalue weighted by Gasteiger charge is 2.34. The predicted octanol–water partition coefficient (Wildman–Crippen LogP) is 6.40. The summed E-state index contributed by atoms with van der Waals surface area (Å²) in [5, 5.41) is 1.57. The molecule has 1 aromatic heterocycles. The van der Waals surface area contributed by atoms with Gasteiger partial charge >= 0.3 is 0 Å². The summed E-state index contributed by atoms with van der Waals surface area (Å²) in [6, 6.07) is 24.9. The molecule has 0 unspecified atom stereocenters. The molecule has 4 nitrogen and oxygen atoms in total. The van der Waals surface area contributed by atoms with E-state index in [1.54, 1.807) is 18.1 Å². The monoisotopic (exact) mass is 444 g/mol. The molecule has 1 amide bonds. The third-order valence-corrected chi connectivity index (χ3v) is 6.70. The number of amides is 1. The lowest BCUT2D eigenvalue weighted by Crippen LogP contribution is -2.32. The van der Waals surface area contributed by atoms with E-state index in [-0.39, 0.29) is 5.91 Å². The van der Waals surface area contributed by atoms with Crippen LogP contribution in [0.15, 0.2) is 89.6 Å². The standard InChI is InChI=1S/C25H17ClN2O2S/c1-30-18-13-11-16(12-14-18)15-20-25(29)28(17-7-3-2-4-8-17)24(27-20)23-22(26)19-9-5-6-10-21(19)31-23/h2-15H,1H3/b20-15+. The minimum atomic E-state index is -0.189.